The average Bonchev–Trinajstić information content (AvgIpc) is 2.50. The van der Waals surface area contributed by atoms with Crippen molar-refractivity contribution in [3.8, 4) is 0 Å². The number of unbranched alkanes of at least 4 members (excludes halogenated alkanes) is 8. The summed E-state index contributed by atoms with van der Waals surface area (Å²) in [5.74, 6) is -1.35. The van der Waals surface area contributed by atoms with Crippen molar-refractivity contribution in [3.63, 3.8) is 0 Å². The number of aliphatic carboxylic acids is 1. The monoisotopic (exact) mass is 328 g/mol. The second-order valence-electron chi connectivity index (χ2n) is 6.53. The largest absolute Gasteiger partial charge is 0.481 e. The minimum Gasteiger partial charge on any atom is -0.481 e. The molecule has 0 radical (unpaired) electrons. The van der Waals surface area contributed by atoms with Crippen LogP contribution in [0.4, 0.5) is 0 Å². The smallest absolute Gasteiger partial charge is 0.317 e. The van der Waals surface area contributed by atoms with Gasteiger partial charge in [-0.25, -0.2) is 0 Å². The SMILES string of the molecule is CCCCCCCCC(CCCCCC)COC(=O)CC(=O)O. The van der Waals surface area contributed by atoms with Gasteiger partial charge in [0, 0.05) is 0 Å². The summed E-state index contributed by atoms with van der Waals surface area (Å²) in [6, 6.07) is 0. The van der Waals surface area contributed by atoms with Crippen molar-refractivity contribution in [2.45, 2.75) is 97.3 Å². The summed E-state index contributed by atoms with van der Waals surface area (Å²) in [6.07, 6.45) is 14.1. The zero-order valence-corrected chi connectivity index (χ0v) is 15.1. The summed E-state index contributed by atoms with van der Waals surface area (Å²) >= 11 is 0. The molecule has 136 valence electrons. The number of ether oxygens (including phenoxy) is 1. The van der Waals surface area contributed by atoms with Gasteiger partial charge in [-0.2, -0.15) is 0 Å². The molecule has 0 amide bonds. The second kappa shape index (κ2) is 15.8. The molecule has 0 aliphatic carbocycles. The third kappa shape index (κ3) is 15.6. The summed E-state index contributed by atoms with van der Waals surface area (Å²) in [4.78, 5) is 21.9. The number of rotatable bonds is 16. The molecule has 23 heavy (non-hydrogen) atoms. The predicted molar refractivity (Wildman–Crippen MR) is 93.5 cm³/mol. The fourth-order valence-electron chi connectivity index (χ4n) is 2.77. The van der Waals surface area contributed by atoms with Crippen molar-refractivity contribution in [2.75, 3.05) is 6.61 Å². The van der Waals surface area contributed by atoms with Gasteiger partial charge in [0.2, 0.25) is 0 Å². The lowest BCUT2D eigenvalue weighted by Crippen LogP contribution is -2.17. The van der Waals surface area contributed by atoms with Crippen molar-refractivity contribution in [2.24, 2.45) is 5.92 Å². The topological polar surface area (TPSA) is 63.6 Å². The Labute approximate surface area is 142 Å². The van der Waals surface area contributed by atoms with Gasteiger partial charge in [0.05, 0.1) is 6.61 Å². The first kappa shape index (κ1) is 21.9. The number of carboxylic acid groups (broad SMARTS) is 1. The van der Waals surface area contributed by atoms with Crippen LogP contribution in [-0.4, -0.2) is 23.7 Å². The van der Waals surface area contributed by atoms with Gasteiger partial charge < -0.3 is 9.84 Å². The lowest BCUT2D eigenvalue weighted by Gasteiger charge is -2.17. The van der Waals surface area contributed by atoms with Gasteiger partial charge in [-0.1, -0.05) is 78.1 Å². The molecule has 0 aromatic rings. The van der Waals surface area contributed by atoms with E-state index in [0.717, 1.165) is 12.8 Å². The quantitative estimate of drug-likeness (QED) is 0.236. The number of hydrogen-bond acceptors (Lipinski definition) is 3. The van der Waals surface area contributed by atoms with E-state index in [4.69, 9.17) is 9.84 Å². The third-order valence-electron chi connectivity index (χ3n) is 4.21. The molecule has 0 aromatic carbocycles. The maximum Gasteiger partial charge on any atom is 0.317 e. The summed E-state index contributed by atoms with van der Waals surface area (Å²) in [7, 11) is 0. The minimum absolute atomic E-state index is 0.382. The van der Waals surface area contributed by atoms with Crippen LogP contribution in [0.1, 0.15) is 97.3 Å². The Balaban J connectivity index is 3.96. The van der Waals surface area contributed by atoms with Gasteiger partial charge >= 0.3 is 11.9 Å². The Morgan fingerprint density at radius 3 is 1.83 bits per heavy atom. The Hall–Kier alpha value is -1.06. The normalized spacial score (nSPS) is 12.1. The lowest BCUT2D eigenvalue weighted by atomic mass is 9.95. The molecular weight excluding hydrogens is 292 g/mol. The summed E-state index contributed by atoms with van der Waals surface area (Å²) < 4.78 is 5.15. The van der Waals surface area contributed by atoms with Crippen LogP contribution in [0.3, 0.4) is 0 Å². The van der Waals surface area contributed by atoms with Gasteiger partial charge in [-0.3, -0.25) is 9.59 Å². The molecule has 0 aromatic heterocycles. The van der Waals surface area contributed by atoms with Gasteiger partial charge in [0.1, 0.15) is 6.42 Å². The number of hydrogen-bond donors (Lipinski definition) is 1. The van der Waals surface area contributed by atoms with E-state index in [-0.39, 0.29) is 0 Å². The van der Waals surface area contributed by atoms with Gasteiger partial charge in [0.25, 0.3) is 0 Å². The molecule has 1 unspecified atom stereocenters. The van der Waals surface area contributed by atoms with Crippen molar-refractivity contribution in [1.29, 1.82) is 0 Å². The molecule has 0 heterocycles. The van der Waals surface area contributed by atoms with E-state index in [1.165, 1.54) is 64.2 Å². The number of esters is 1. The van der Waals surface area contributed by atoms with Crippen molar-refractivity contribution >= 4 is 11.9 Å². The minimum atomic E-state index is -1.12. The molecule has 0 bridgehead atoms. The Kier molecular flexibility index (Phi) is 15.1. The van der Waals surface area contributed by atoms with Crippen LogP contribution in [0.5, 0.6) is 0 Å². The molecular formula is C19H36O4. The van der Waals surface area contributed by atoms with Crippen LogP contribution >= 0.6 is 0 Å². The van der Waals surface area contributed by atoms with Gasteiger partial charge in [-0.15, -0.1) is 0 Å². The average molecular weight is 328 g/mol. The Morgan fingerprint density at radius 2 is 1.30 bits per heavy atom. The first-order valence-electron chi connectivity index (χ1n) is 9.47. The summed E-state index contributed by atoms with van der Waals surface area (Å²) in [5.41, 5.74) is 0. The molecule has 0 aliphatic rings. The number of carboxylic acids is 1. The molecule has 0 saturated carbocycles. The highest BCUT2D eigenvalue weighted by molar-refractivity contribution is 5.90. The number of carbonyl (C=O) groups is 2. The van der Waals surface area contributed by atoms with E-state index >= 15 is 0 Å². The van der Waals surface area contributed by atoms with Crippen molar-refractivity contribution in [3.05, 3.63) is 0 Å². The van der Waals surface area contributed by atoms with Crippen LogP contribution in [0.25, 0.3) is 0 Å². The maximum atomic E-state index is 11.4. The molecule has 0 saturated heterocycles. The van der Waals surface area contributed by atoms with Crippen molar-refractivity contribution < 1.29 is 19.4 Å². The zero-order valence-electron chi connectivity index (χ0n) is 15.1. The fraction of sp³-hybridized carbons (Fsp3) is 0.895. The van der Waals surface area contributed by atoms with Gasteiger partial charge in [-0.05, 0) is 18.8 Å². The van der Waals surface area contributed by atoms with E-state index in [9.17, 15) is 9.59 Å². The first-order chi connectivity index (χ1) is 11.1. The van der Waals surface area contributed by atoms with Crippen LogP contribution in [0.15, 0.2) is 0 Å². The van der Waals surface area contributed by atoms with E-state index in [1.807, 2.05) is 0 Å². The van der Waals surface area contributed by atoms with Crippen LogP contribution in [0, 0.1) is 5.92 Å². The Bertz CT molecular complexity index is 302. The standard InChI is InChI=1S/C19H36O4/c1-3-5-7-9-10-12-14-17(13-11-8-6-4-2)16-23-19(22)15-18(20)21/h17H,3-16H2,1-2H3,(H,20,21). The molecule has 4 nitrogen and oxygen atoms in total. The molecule has 0 rings (SSSR count). The van der Waals surface area contributed by atoms with E-state index in [2.05, 4.69) is 13.8 Å². The second-order valence-corrected chi connectivity index (χ2v) is 6.53. The zero-order chi connectivity index (χ0) is 17.3. The van der Waals surface area contributed by atoms with Crippen LogP contribution in [-0.2, 0) is 14.3 Å². The number of carbonyl (C=O) groups excluding carboxylic acids is 1. The van der Waals surface area contributed by atoms with Crippen LogP contribution < -0.4 is 0 Å². The van der Waals surface area contributed by atoms with E-state index < -0.39 is 18.4 Å². The fourth-order valence-corrected chi connectivity index (χ4v) is 2.77. The lowest BCUT2D eigenvalue weighted by molar-refractivity contribution is -0.152. The summed E-state index contributed by atoms with van der Waals surface area (Å²) in [6.45, 7) is 4.80. The maximum absolute atomic E-state index is 11.4. The van der Waals surface area contributed by atoms with Crippen molar-refractivity contribution in [1.82, 2.24) is 0 Å². The molecule has 1 N–H and O–H groups in total. The van der Waals surface area contributed by atoms with E-state index in [1.54, 1.807) is 0 Å². The predicted octanol–water partition coefficient (Wildman–Crippen LogP) is 5.34. The van der Waals surface area contributed by atoms with Gasteiger partial charge in [0.15, 0.2) is 0 Å². The summed E-state index contributed by atoms with van der Waals surface area (Å²) in [5, 5.41) is 8.59. The molecule has 0 fully saturated rings. The molecule has 1 atom stereocenters. The van der Waals surface area contributed by atoms with E-state index in [0.29, 0.717) is 12.5 Å². The Morgan fingerprint density at radius 1 is 0.826 bits per heavy atom. The first-order valence-corrected chi connectivity index (χ1v) is 9.47. The molecule has 0 spiro atoms. The highest BCUT2D eigenvalue weighted by atomic mass is 16.5. The third-order valence-corrected chi connectivity index (χ3v) is 4.21. The highest BCUT2D eigenvalue weighted by Gasteiger charge is 2.14. The van der Waals surface area contributed by atoms with Crippen LogP contribution in [0.2, 0.25) is 0 Å². The molecule has 0 aliphatic heterocycles. The highest BCUT2D eigenvalue weighted by Crippen LogP contribution is 2.19. The molecule has 4 heteroatoms.